The number of rotatable bonds is 8. The first-order chi connectivity index (χ1) is 18.9. The third-order valence-corrected chi connectivity index (χ3v) is 6.40. The molecule has 8 heteroatoms. The predicted molar refractivity (Wildman–Crippen MR) is 146 cm³/mol. The van der Waals surface area contributed by atoms with Crippen LogP contribution in [-0.2, 0) is 13.1 Å². The van der Waals surface area contributed by atoms with Gasteiger partial charge in [-0.1, -0.05) is 48.0 Å². The fourth-order valence-corrected chi connectivity index (χ4v) is 4.37. The maximum Gasteiger partial charge on any atom is 0.254 e. The van der Waals surface area contributed by atoms with Crippen molar-refractivity contribution in [1.29, 1.82) is 0 Å². The van der Waals surface area contributed by atoms with Gasteiger partial charge in [0.25, 0.3) is 5.91 Å². The Hall–Kier alpha value is -4.49. The minimum atomic E-state index is -0.436. The van der Waals surface area contributed by atoms with Gasteiger partial charge in [-0.25, -0.2) is 13.5 Å². The molecule has 0 bridgehead atoms. The Labute approximate surface area is 229 Å². The van der Waals surface area contributed by atoms with Crippen LogP contribution in [0, 0.1) is 18.6 Å². The standard InChI is InChI=1S/C31H24ClF2N3O2/c1-21-29(31(39-28-8-3-2-4-9-28)37(35-21)27-7-5-6-24(32)18-27)20-36(19-22-10-14-25(33)15-11-22)30(38)23-12-16-26(34)17-13-23/h2-18H,19-20H2,1H3. The number of hydrogen-bond donors (Lipinski definition) is 0. The summed E-state index contributed by atoms with van der Waals surface area (Å²) in [5.74, 6) is -0.102. The molecule has 4 aromatic carbocycles. The van der Waals surface area contributed by atoms with Crippen molar-refractivity contribution in [3.63, 3.8) is 0 Å². The summed E-state index contributed by atoms with van der Waals surface area (Å²) >= 11 is 6.27. The number of benzene rings is 4. The average Bonchev–Trinajstić information content (AvgIpc) is 3.24. The number of hydrogen-bond acceptors (Lipinski definition) is 3. The van der Waals surface area contributed by atoms with Crippen LogP contribution in [0.25, 0.3) is 5.69 Å². The third-order valence-electron chi connectivity index (χ3n) is 6.16. The Morgan fingerprint density at radius 2 is 1.54 bits per heavy atom. The molecule has 1 heterocycles. The number of aryl methyl sites for hydroxylation is 1. The second kappa shape index (κ2) is 11.5. The van der Waals surface area contributed by atoms with Crippen molar-refractivity contribution in [2.75, 3.05) is 0 Å². The van der Waals surface area contributed by atoms with E-state index in [4.69, 9.17) is 21.4 Å². The first-order valence-electron chi connectivity index (χ1n) is 12.2. The molecule has 1 amide bonds. The molecule has 0 spiro atoms. The van der Waals surface area contributed by atoms with E-state index >= 15 is 0 Å². The monoisotopic (exact) mass is 543 g/mol. The molecule has 5 aromatic rings. The lowest BCUT2D eigenvalue weighted by Gasteiger charge is -2.24. The van der Waals surface area contributed by atoms with Gasteiger partial charge in [0.2, 0.25) is 5.88 Å². The molecule has 0 saturated heterocycles. The lowest BCUT2D eigenvalue weighted by molar-refractivity contribution is 0.0729. The van der Waals surface area contributed by atoms with Crippen molar-refractivity contribution >= 4 is 17.5 Å². The van der Waals surface area contributed by atoms with E-state index in [-0.39, 0.29) is 24.8 Å². The quantitative estimate of drug-likeness (QED) is 0.201. The van der Waals surface area contributed by atoms with Crippen molar-refractivity contribution in [2.24, 2.45) is 0 Å². The van der Waals surface area contributed by atoms with Crippen LogP contribution in [0.2, 0.25) is 5.02 Å². The highest BCUT2D eigenvalue weighted by Crippen LogP contribution is 2.33. The van der Waals surface area contributed by atoms with Crippen molar-refractivity contribution < 1.29 is 18.3 Å². The lowest BCUT2D eigenvalue weighted by Crippen LogP contribution is -2.30. The molecular weight excluding hydrogens is 520 g/mol. The summed E-state index contributed by atoms with van der Waals surface area (Å²) in [5, 5.41) is 5.27. The maximum absolute atomic E-state index is 13.7. The Kier molecular flexibility index (Phi) is 7.70. The molecule has 0 aliphatic carbocycles. The van der Waals surface area contributed by atoms with Crippen molar-refractivity contribution in [2.45, 2.75) is 20.0 Å². The summed E-state index contributed by atoms with van der Waals surface area (Å²) in [6, 6.07) is 27.8. The SMILES string of the molecule is Cc1nn(-c2cccc(Cl)c2)c(Oc2ccccc2)c1CN(Cc1ccc(F)cc1)C(=O)c1ccc(F)cc1. The van der Waals surface area contributed by atoms with Gasteiger partial charge in [0.1, 0.15) is 17.4 Å². The Morgan fingerprint density at radius 3 is 2.21 bits per heavy atom. The highest BCUT2D eigenvalue weighted by atomic mass is 35.5. The van der Waals surface area contributed by atoms with E-state index in [0.717, 1.165) is 5.56 Å². The minimum Gasteiger partial charge on any atom is -0.439 e. The molecule has 0 saturated carbocycles. The van der Waals surface area contributed by atoms with Gasteiger partial charge in [-0.2, -0.15) is 5.10 Å². The van der Waals surface area contributed by atoms with Crippen LogP contribution in [-0.4, -0.2) is 20.6 Å². The highest BCUT2D eigenvalue weighted by Gasteiger charge is 2.25. The molecule has 5 rings (SSSR count). The molecule has 0 N–H and O–H groups in total. The molecule has 5 nitrogen and oxygen atoms in total. The number of para-hydroxylation sites is 1. The Morgan fingerprint density at radius 1 is 0.872 bits per heavy atom. The predicted octanol–water partition coefficient (Wildman–Crippen LogP) is 7.75. The van der Waals surface area contributed by atoms with E-state index in [0.29, 0.717) is 39.2 Å². The molecule has 0 atom stereocenters. The number of halogens is 3. The summed E-state index contributed by atoms with van der Waals surface area (Å²) in [4.78, 5) is 15.3. The summed E-state index contributed by atoms with van der Waals surface area (Å²) in [5.41, 5.74) is 3.08. The van der Waals surface area contributed by atoms with Gasteiger partial charge in [-0.3, -0.25) is 4.79 Å². The summed E-state index contributed by atoms with van der Waals surface area (Å²) < 4.78 is 35.2. The van der Waals surface area contributed by atoms with Crippen LogP contribution in [0.15, 0.2) is 103 Å². The number of carbonyl (C=O) groups is 1. The van der Waals surface area contributed by atoms with E-state index in [1.54, 1.807) is 33.8 Å². The van der Waals surface area contributed by atoms with Gasteiger partial charge in [0.05, 0.1) is 23.5 Å². The number of aromatic nitrogens is 2. The number of carbonyl (C=O) groups excluding carboxylic acids is 1. The summed E-state index contributed by atoms with van der Waals surface area (Å²) in [7, 11) is 0. The molecule has 0 radical (unpaired) electrons. The largest absolute Gasteiger partial charge is 0.439 e. The molecule has 196 valence electrons. The van der Waals surface area contributed by atoms with Gasteiger partial charge in [-0.15, -0.1) is 0 Å². The van der Waals surface area contributed by atoms with E-state index in [1.807, 2.05) is 49.4 Å². The lowest BCUT2D eigenvalue weighted by atomic mass is 10.1. The topological polar surface area (TPSA) is 47.4 Å². The zero-order valence-electron chi connectivity index (χ0n) is 21.0. The number of ether oxygens (including phenoxy) is 1. The first-order valence-corrected chi connectivity index (χ1v) is 12.6. The van der Waals surface area contributed by atoms with Crippen LogP contribution < -0.4 is 4.74 Å². The van der Waals surface area contributed by atoms with Crippen molar-refractivity contribution in [3.05, 3.63) is 142 Å². The third kappa shape index (κ3) is 6.16. The molecule has 0 unspecified atom stereocenters. The van der Waals surface area contributed by atoms with Crippen LogP contribution in [0.1, 0.15) is 27.2 Å². The van der Waals surface area contributed by atoms with E-state index in [9.17, 15) is 13.6 Å². The smallest absolute Gasteiger partial charge is 0.254 e. The van der Waals surface area contributed by atoms with Gasteiger partial charge < -0.3 is 9.64 Å². The fraction of sp³-hybridized carbons (Fsp3) is 0.0968. The Bertz CT molecular complexity index is 1590. The van der Waals surface area contributed by atoms with Crippen molar-refractivity contribution in [1.82, 2.24) is 14.7 Å². The van der Waals surface area contributed by atoms with Crippen LogP contribution in [0.5, 0.6) is 11.6 Å². The Balaban J connectivity index is 1.58. The van der Waals surface area contributed by atoms with Crippen LogP contribution >= 0.6 is 11.6 Å². The van der Waals surface area contributed by atoms with Crippen LogP contribution in [0.4, 0.5) is 8.78 Å². The molecular formula is C31H24ClF2N3O2. The zero-order valence-corrected chi connectivity index (χ0v) is 21.8. The zero-order chi connectivity index (χ0) is 27.4. The molecule has 1 aromatic heterocycles. The molecule has 39 heavy (non-hydrogen) atoms. The van der Waals surface area contributed by atoms with Gasteiger partial charge in [-0.05, 0) is 79.2 Å². The van der Waals surface area contributed by atoms with Crippen LogP contribution in [0.3, 0.4) is 0 Å². The maximum atomic E-state index is 13.7. The molecule has 0 aliphatic rings. The minimum absolute atomic E-state index is 0.127. The second-order valence-corrected chi connectivity index (χ2v) is 9.41. The van der Waals surface area contributed by atoms with Gasteiger partial charge in [0, 0.05) is 17.1 Å². The van der Waals surface area contributed by atoms with E-state index in [2.05, 4.69) is 0 Å². The van der Waals surface area contributed by atoms with E-state index < -0.39 is 5.82 Å². The summed E-state index contributed by atoms with van der Waals surface area (Å²) in [6.45, 7) is 2.15. The normalized spacial score (nSPS) is 10.9. The van der Waals surface area contributed by atoms with Crippen molar-refractivity contribution in [3.8, 4) is 17.3 Å². The highest BCUT2D eigenvalue weighted by molar-refractivity contribution is 6.30. The average molecular weight is 544 g/mol. The van der Waals surface area contributed by atoms with E-state index in [1.165, 1.54) is 36.4 Å². The molecule has 0 aliphatic heterocycles. The number of amides is 1. The second-order valence-electron chi connectivity index (χ2n) is 8.97. The number of nitrogens with zero attached hydrogens (tertiary/aromatic N) is 3. The fourth-order valence-electron chi connectivity index (χ4n) is 4.18. The molecule has 0 fully saturated rings. The first kappa shape index (κ1) is 26.1. The van der Waals surface area contributed by atoms with Gasteiger partial charge >= 0.3 is 0 Å². The summed E-state index contributed by atoms with van der Waals surface area (Å²) in [6.07, 6.45) is 0. The van der Waals surface area contributed by atoms with Gasteiger partial charge in [0.15, 0.2) is 0 Å².